The first-order valence-corrected chi connectivity index (χ1v) is 11.2. The summed E-state index contributed by atoms with van der Waals surface area (Å²) in [5.41, 5.74) is 0.778. The fourth-order valence-electron chi connectivity index (χ4n) is 4.37. The van der Waals surface area contributed by atoms with Crippen LogP contribution in [-0.4, -0.2) is 68.1 Å². The van der Waals surface area contributed by atoms with Crippen LogP contribution in [0.1, 0.15) is 38.2 Å². The van der Waals surface area contributed by atoms with Crippen LogP contribution in [0.2, 0.25) is 0 Å². The molecule has 0 unspecified atom stereocenters. The first kappa shape index (κ1) is 22.5. The summed E-state index contributed by atoms with van der Waals surface area (Å²) in [5.74, 6) is 1.35. The molecule has 2 saturated heterocycles. The number of likely N-dealkylation sites (tertiary alicyclic amines) is 2. The van der Waals surface area contributed by atoms with Crippen LogP contribution in [0, 0.1) is 17.7 Å². The van der Waals surface area contributed by atoms with Gasteiger partial charge >= 0.3 is 5.97 Å². The molecular formula is C23H35FN4O2. The molecule has 0 aliphatic carbocycles. The van der Waals surface area contributed by atoms with Crippen LogP contribution in [-0.2, 0) is 16.1 Å². The molecule has 0 atom stereocenters. The van der Waals surface area contributed by atoms with Crippen molar-refractivity contribution < 1.29 is 13.9 Å². The topological polar surface area (TPSA) is 57.2 Å². The number of guanidine groups is 1. The van der Waals surface area contributed by atoms with Gasteiger partial charge in [0.25, 0.3) is 0 Å². The molecule has 0 spiro atoms. The van der Waals surface area contributed by atoms with Crippen molar-refractivity contribution in [1.29, 1.82) is 0 Å². The van der Waals surface area contributed by atoms with Crippen molar-refractivity contribution in [3.05, 3.63) is 35.6 Å². The minimum Gasteiger partial charge on any atom is -0.466 e. The van der Waals surface area contributed by atoms with Crippen LogP contribution < -0.4 is 5.32 Å². The van der Waals surface area contributed by atoms with E-state index in [4.69, 9.17) is 4.74 Å². The Balaban J connectivity index is 1.38. The molecule has 0 saturated carbocycles. The number of hydrogen-bond acceptors (Lipinski definition) is 4. The molecule has 0 radical (unpaired) electrons. The van der Waals surface area contributed by atoms with Crippen molar-refractivity contribution >= 4 is 11.9 Å². The molecular weight excluding hydrogens is 383 g/mol. The van der Waals surface area contributed by atoms with Gasteiger partial charge in [-0.2, -0.15) is 0 Å². The largest absolute Gasteiger partial charge is 0.466 e. The van der Waals surface area contributed by atoms with Gasteiger partial charge in [0, 0.05) is 38.8 Å². The molecule has 30 heavy (non-hydrogen) atoms. The minimum absolute atomic E-state index is 0.0121. The molecule has 3 rings (SSSR count). The Kier molecular flexibility index (Phi) is 8.49. The lowest BCUT2D eigenvalue weighted by Crippen LogP contribution is -2.48. The SMILES string of the molecule is CCOC(=O)C1CCN(C(=NC)NCC2CCN(Cc3ccccc3F)CC2)CC1. The number of hydrogen-bond donors (Lipinski definition) is 1. The number of esters is 1. The van der Waals surface area contributed by atoms with E-state index in [1.54, 1.807) is 6.07 Å². The highest BCUT2D eigenvalue weighted by Gasteiger charge is 2.28. The number of rotatable bonds is 6. The van der Waals surface area contributed by atoms with E-state index in [-0.39, 0.29) is 17.7 Å². The number of nitrogens with one attached hydrogen (secondary N) is 1. The normalized spacial score (nSPS) is 19.7. The fraction of sp³-hybridized carbons (Fsp3) is 0.652. The minimum atomic E-state index is -0.114. The average Bonchev–Trinajstić information content (AvgIpc) is 2.77. The van der Waals surface area contributed by atoms with Gasteiger partial charge in [-0.25, -0.2) is 4.39 Å². The molecule has 1 aromatic rings. The Morgan fingerprint density at radius 3 is 2.50 bits per heavy atom. The maximum absolute atomic E-state index is 13.9. The zero-order chi connectivity index (χ0) is 21.3. The Morgan fingerprint density at radius 2 is 1.87 bits per heavy atom. The summed E-state index contributed by atoms with van der Waals surface area (Å²) in [5, 5.41) is 3.53. The standard InChI is InChI=1S/C23H35FN4O2/c1-3-30-22(29)19-10-14-28(15-11-19)23(25-2)26-16-18-8-12-27(13-9-18)17-20-6-4-5-7-21(20)24/h4-7,18-19H,3,8-17H2,1-2H3,(H,25,26). The quantitative estimate of drug-likeness (QED) is 0.437. The number of nitrogens with zero attached hydrogens (tertiary/aromatic N) is 3. The maximum atomic E-state index is 13.9. The molecule has 166 valence electrons. The molecule has 0 amide bonds. The molecule has 2 heterocycles. The van der Waals surface area contributed by atoms with Crippen molar-refractivity contribution in [2.75, 3.05) is 46.4 Å². The highest BCUT2D eigenvalue weighted by atomic mass is 19.1. The first-order chi connectivity index (χ1) is 14.6. The van der Waals surface area contributed by atoms with Gasteiger partial charge in [0.2, 0.25) is 0 Å². The van der Waals surface area contributed by atoms with Crippen LogP contribution in [0.25, 0.3) is 0 Å². The summed E-state index contributed by atoms with van der Waals surface area (Å²) >= 11 is 0. The number of halogens is 1. The molecule has 2 aliphatic heterocycles. The van der Waals surface area contributed by atoms with Gasteiger partial charge in [-0.3, -0.25) is 14.7 Å². The maximum Gasteiger partial charge on any atom is 0.309 e. The lowest BCUT2D eigenvalue weighted by Gasteiger charge is -2.35. The van der Waals surface area contributed by atoms with E-state index >= 15 is 0 Å². The summed E-state index contributed by atoms with van der Waals surface area (Å²) in [6.07, 6.45) is 3.83. The summed E-state index contributed by atoms with van der Waals surface area (Å²) in [6, 6.07) is 7.05. The van der Waals surface area contributed by atoms with Crippen molar-refractivity contribution in [2.45, 2.75) is 39.2 Å². The van der Waals surface area contributed by atoms with Gasteiger partial charge in [-0.05, 0) is 57.7 Å². The van der Waals surface area contributed by atoms with Gasteiger partial charge in [-0.1, -0.05) is 18.2 Å². The Bertz CT molecular complexity index is 711. The van der Waals surface area contributed by atoms with Crippen LogP contribution in [0.4, 0.5) is 4.39 Å². The summed E-state index contributed by atoms with van der Waals surface area (Å²) in [7, 11) is 1.82. The predicted molar refractivity (Wildman–Crippen MR) is 117 cm³/mol. The zero-order valence-corrected chi connectivity index (χ0v) is 18.3. The average molecular weight is 419 g/mol. The second-order valence-corrected chi connectivity index (χ2v) is 8.25. The number of carbonyl (C=O) groups is 1. The van der Waals surface area contributed by atoms with Crippen molar-refractivity contribution in [1.82, 2.24) is 15.1 Å². The molecule has 1 N–H and O–H groups in total. The number of carbonyl (C=O) groups excluding carboxylic acids is 1. The number of ether oxygens (including phenoxy) is 1. The molecule has 0 bridgehead atoms. The van der Waals surface area contributed by atoms with Crippen LogP contribution in [0.5, 0.6) is 0 Å². The number of benzene rings is 1. The van der Waals surface area contributed by atoms with Crippen molar-refractivity contribution in [2.24, 2.45) is 16.8 Å². The zero-order valence-electron chi connectivity index (χ0n) is 18.3. The summed E-state index contributed by atoms with van der Waals surface area (Å²) in [6.45, 7) is 7.51. The smallest absolute Gasteiger partial charge is 0.309 e. The Morgan fingerprint density at radius 1 is 1.17 bits per heavy atom. The van der Waals surface area contributed by atoms with Gasteiger partial charge < -0.3 is 15.0 Å². The molecule has 2 aliphatic rings. The molecule has 2 fully saturated rings. The van der Waals surface area contributed by atoms with Gasteiger partial charge in [-0.15, -0.1) is 0 Å². The van der Waals surface area contributed by atoms with Gasteiger partial charge in [0.1, 0.15) is 5.82 Å². The second-order valence-electron chi connectivity index (χ2n) is 8.25. The fourth-order valence-corrected chi connectivity index (χ4v) is 4.37. The third-order valence-corrected chi connectivity index (χ3v) is 6.23. The predicted octanol–water partition coefficient (Wildman–Crippen LogP) is 2.89. The van der Waals surface area contributed by atoms with E-state index in [9.17, 15) is 9.18 Å². The van der Waals surface area contributed by atoms with E-state index in [1.807, 2.05) is 26.1 Å². The third kappa shape index (κ3) is 6.17. The molecule has 1 aromatic carbocycles. The van der Waals surface area contributed by atoms with Gasteiger partial charge in [0.05, 0.1) is 12.5 Å². The first-order valence-electron chi connectivity index (χ1n) is 11.2. The van der Waals surface area contributed by atoms with E-state index in [0.717, 1.165) is 69.9 Å². The third-order valence-electron chi connectivity index (χ3n) is 6.23. The molecule has 7 heteroatoms. The van der Waals surface area contributed by atoms with Crippen LogP contribution in [0.3, 0.4) is 0 Å². The number of piperidine rings is 2. The van der Waals surface area contributed by atoms with Crippen molar-refractivity contribution in [3.8, 4) is 0 Å². The van der Waals surface area contributed by atoms with Crippen LogP contribution in [0.15, 0.2) is 29.3 Å². The van der Waals surface area contributed by atoms with Crippen LogP contribution >= 0.6 is 0 Å². The van der Waals surface area contributed by atoms with Crippen molar-refractivity contribution in [3.63, 3.8) is 0 Å². The summed E-state index contributed by atoms with van der Waals surface area (Å²) < 4.78 is 19.0. The monoisotopic (exact) mass is 418 g/mol. The second kappa shape index (κ2) is 11.3. The molecule has 0 aromatic heterocycles. The van der Waals surface area contributed by atoms with Gasteiger partial charge in [0.15, 0.2) is 5.96 Å². The van der Waals surface area contributed by atoms with E-state index in [2.05, 4.69) is 20.1 Å². The van der Waals surface area contributed by atoms with E-state index in [0.29, 0.717) is 19.1 Å². The Hall–Kier alpha value is -2.15. The van der Waals surface area contributed by atoms with E-state index in [1.165, 1.54) is 6.07 Å². The Labute approximate surface area is 179 Å². The van der Waals surface area contributed by atoms with E-state index < -0.39 is 0 Å². The number of aliphatic imine (C=N–C) groups is 1. The summed E-state index contributed by atoms with van der Waals surface area (Å²) in [4.78, 5) is 20.9. The lowest BCUT2D eigenvalue weighted by atomic mass is 9.96. The highest BCUT2D eigenvalue weighted by Crippen LogP contribution is 2.21. The highest BCUT2D eigenvalue weighted by molar-refractivity contribution is 5.80. The molecule has 6 nitrogen and oxygen atoms in total. The lowest BCUT2D eigenvalue weighted by molar-refractivity contribution is -0.149.